The van der Waals surface area contributed by atoms with Gasteiger partial charge in [-0.05, 0) is 25.3 Å². The van der Waals surface area contributed by atoms with Crippen LogP contribution in [-0.2, 0) is 5.41 Å². The molecular formula is C17H22N5O+. The molecule has 1 unspecified atom stereocenters. The highest BCUT2D eigenvalue weighted by atomic mass is 16.2. The Morgan fingerprint density at radius 2 is 2.17 bits per heavy atom. The van der Waals surface area contributed by atoms with Gasteiger partial charge in [0, 0.05) is 24.1 Å². The quantitative estimate of drug-likeness (QED) is 0.801. The molecule has 1 aromatic rings. The molecule has 1 saturated carbocycles. The molecule has 6 heteroatoms. The Kier molecular flexibility index (Phi) is 3.11. The van der Waals surface area contributed by atoms with Gasteiger partial charge in [0.25, 0.3) is 5.82 Å². The van der Waals surface area contributed by atoms with Crippen LogP contribution in [0.2, 0.25) is 0 Å². The van der Waals surface area contributed by atoms with E-state index in [1.807, 2.05) is 22.3 Å². The number of hydrogen-bond donors (Lipinski definition) is 0. The zero-order chi connectivity index (χ0) is 16.2. The summed E-state index contributed by atoms with van der Waals surface area (Å²) in [5.41, 5.74) is 2.08. The second kappa shape index (κ2) is 4.94. The van der Waals surface area contributed by atoms with Crippen LogP contribution in [0.15, 0.2) is 16.6 Å². The highest BCUT2D eigenvalue weighted by Crippen LogP contribution is 2.48. The van der Waals surface area contributed by atoms with E-state index in [9.17, 15) is 4.79 Å². The first kappa shape index (κ1) is 14.5. The number of allylic oxidation sites excluding steroid dienone is 1. The number of amides is 1. The average Bonchev–Trinajstić information content (AvgIpc) is 3.11. The van der Waals surface area contributed by atoms with Gasteiger partial charge in [-0.2, -0.15) is 4.58 Å². The number of fused-ring (bicyclic) bond motifs is 3. The molecule has 0 saturated heterocycles. The highest BCUT2D eigenvalue weighted by Gasteiger charge is 2.50. The molecule has 0 aromatic carbocycles. The summed E-state index contributed by atoms with van der Waals surface area (Å²) >= 11 is 0. The first-order valence-electron chi connectivity index (χ1n) is 8.41. The fourth-order valence-electron chi connectivity index (χ4n) is 3.30. The van der Waals surface area contributed by atoms with Crippen LogP contribution in [-0.4, -0.2) is 43.7 Å². The van der Waals surface area contributed by atoms with E-state index in [0.717, 1.165) is 42.8 Å². The van der Waals surface area contributed by atoms with Gasteiger partial charge in [0.2, 0.25) is 11.9 Å². The SMILES string of the molecule is CCCC[N+]1=C2C=C(C)C=NC2n2c(nnc2C2(C)CC2)C1=O. The Labute approximate surface area is 135 Å². The molecule has 1 atom stereocenters. The lowest BCUT2D eigenvalue weighted by atomic mass is 10.1. The lowest BCUT2D eigenvalue weighted by molar-refractivity contribution is -0.434. The number of nitrogens with zero attached hydrogens (tertiary/aromatic N) is 5. The van der Waals surface area contributed by atoms with Gasteiger partial charge in [-0.25, -0.2) is 4.79 Å². The largest absolute Gasteiger partial charge is 0.457 e. The molecule has 4 rings (SSSR count). The summed E-state index contributed by atoms with van der Waals surface area (Å²) in [6.07, 6.45) is 7.96. The number of rotatable bonds is 4. The predicted octanol–water partition coefficient (Wildman–Crippen LogP) is 2.27. The Morgan fingerprint density at radius 1 is 1.39 bits per heavy atom. The molecule has 23 heavy (non-hydrogen) atoms. The molecule has 6 nitrogen and oxygen atoms in total. The third-order valence-electron chi connectivity index (χ3n) is 5.02. The zero-order valence-corrected chi connectivity index (χ0v) is 13.9. The Bertz CT molecular complexity index is 779. The van der Waals surface area contributed by atoms with Gasteiger partial charge in [0.15, 0.2) is 6.54 Å². The Morgan fingerprint density at radius 3 is 2.87 bits per heavy atom. The van der Waals surface area contributed by atoms with E-state index in [-0.39, 0.29) is 17.5 Å². The molecular weight excluding hydrogens is 290 g/mol. The predicted molar refractivity (Wildman–Crippen MR) is 87.3 cm³/mol. The lowest BCUT2D eigenvalue weighted by Crippen LogP contribution is -2.42. The zero-order valence-electron chi connectivity index (χ0n) is 13.9. The number of dihydropyridines is 1. The van der Waals surface area contributed by atoms with Crippen LogP contribution in [0.4, 0.5) is 0 Å². The van der Waals surface area contributed by atoms with Crippen molar-refractivity contribution in [1.29, 1.82) is 0 Å². The van der Waals surface area contributed by atoms with E-state index in [4.69, 9.17) is 4.99 Å². The Balaban J connectivity index is 1.87. The maximum Gasteiger partial charge on any atom is 0.457 e. The van der Waals surface area contributed by atoms with Gasteiger partial charge in [0.1, 0.15) is 5.82 Å². The van der Waals surface area contributed by atoms with E-state index < -0.39 is 0 Å². The van der Waals surface area contributed by atoms with Crippen molar-refractivity contribution in [1.82, 2.24) is 14.8 Å². The minimum Gasteiger partial charge on any atom is -0.269 e. The van der Waals surface area contributed by atoms with Gasteiger partial charge in [0.05, 0.1) is 0 Å². The van der Waals surface area contributed by atoms with Crippen molar-refractivity contribution in [3.05, 3.63) is 23.3 Å². The lowest BCUT2D eigenvalue weighted by Gasteiger charge is -2.24. The standard InChI is InChI=1S/C17H22N5O/c1-4-5-8-21-12-9-11(2)10-18-13(12)22-14(15(21)23)19-20-16(22)17(3)6-7-17/h9-10,13H,4-8H2,1-3H3/q+1. The first-order chi connectivity index (χ1) is 11.0. The normalized spacial score (nSPS) is 24.4. The van der Waals surface area contributed by atoms with Crippen LogP contribution in [0.5, 0.6) is 0 Å². The Hall–Kier alpha value is -2.11. The number of aliphatic imine (C=N–C) groups is 1. The topological polar surface area (TPSA) is 63.1 Å². The molecule has 1 fully saturated rings. The molecule has 1 aliphatic carbocycles. The smallest absolute Gasteiger partial charge is 0.269 e. The van der Waals surface area contributed by atoms with Crippen molar-refractivity contribution in [3.8, 4) is 0 Å². The molecule has 120 valence electrons. The third-order valence-corrected chi connectivity index (χ3v) is 5.02. The van der Waals surface area contributed by atoms with Crippen molar-refractivity contribution >= 4 is 17.8 Å². The first-order valence-corrected chi connectivity index (χ1v) is 8.41. The molecule has 0 bridgehead atoms. The number of hydrogen-bond acceptors (Lipinski definition) is 4. The summed E-state index contributed by atoms with van der Waals surface area (Å²) in [5.74, 6) is 1.29. The van der Waals surface area contributed by atoms with Gasteiger partial charge >= 0.3 is 5.91 Å². The summed E-state index contributed by atoms with van der Waals surface area (Å²) in [6, 6.07) is 0. The van der Waals surface area contributed by atoms with Crippen LogP contribution in [0.3, 0.4) is 0 Å². The molecule has 3 heterocycles. The molecule has 0 radical (unpaired) electrons. The third kappa shape index (κ3) is 2.11. The number of carbonyl (C=O) groups is 1. The van der Waals surface area contributed by atoms with Crippen molar-refractivity contribution in [3.63, 3.8) is 0 Å². The number of carbonyl (C=O) groups excluding carboxylic acids is 1. The van der Waals surface area contributed by atoms with Crippen molar-refractivity contribution < 1.29 is 9.37 Å². The van der Waals surface area contributed by atoms with Gasteiger partial charge < -0.3 is 0 Å². The molecule has 1 aromatic heterocycles. The summed E-state index contributed by atoms with van der Waals surface area (Å²) in [6.45, 7) is 7.04. The van der Waals surface area contributed by atoms with Crippen LogP contribution in [0.25, 0.3) is 0 Å². The van der Waals surface area contributed by atoms with Crippen LogP contribution < -0.4 is 0 Å². The van der Waals surface area contributed by atoms with Gasteiger partial charge in [-0.1, -0.05) is 20.3 Å². The van der Waals surface area contributed by atoms with Gasteiger partial charge in [-0.15, -0.1) is 10.2 Å². The summed E-state index contributed by atoms with van der Waals surface area (Å²) in [5, 5.41) is 8.59. The molecule has 0 N–H and O–H groups in total. The van der Waals surface area contributed by atoms with Gasteiger partial charge in [-0.3, -0.25) is 9.56 Å². The summed E-state index contributed by atoms with van der Waals surface area (Å²) in [4.78, 5) is 17.6. The second-order valence-electron chi connectivity index (χ2n) is 7.05. The summed E-state index contributed by atoms with van der Waals surface area (Å²) < 4.78 is 3.81. The molecule has 1 amide bonds. The van der Waals surface area contributed by atoms with E-state index in [1.54, 1.807) is 0 Å². The highest BCUT2D eigenvalue weighted by molar-refractivity contribution is 6.07. The number of aromatic nitrogens is 3. The molecule has 2 aliphatic heterocycles. The van der Waals surface area contributed by atoms with E-state index >= 15 is 0 Å². The van der Waals surface area contributed by atoms with Crippen LogP contribution in [0, 0.1) is 0 Å². The second-order valence-corrected chi connectivity index (χ2v) is 7.05. The molecule has 3 aliphatic rings. The van der Waals surface area contributed by atoms with Crippen molar-refractivity contribution in [2.75, 3.05) is 6.54 Å². The minimum absolute atomic E-state index is 0.0474. The minimum atomic E-state index is -0.203. The average molecular weight is 312 g/mol. The molecule has 0 spiro atoms. The maximum atomic E-state index is 12.9. The monoisotopic (exact) mass is 312 g/mol. The number of unbranched alkanes of at least 4 members (excludes halogenated alkanes) is 1. The fourth-order valence-corrected chi connectivity index (χ4v) is 3.30. The van der Waals surface area contributed by atoms with Crippen LogP contribution in [0.1, 0.15) is 69.1 Å². The van der Waals surface area contributed by atoms with E-state index in [0.29, 0.717) is 12.4 Å². The fraction of sp³-hybridized carbons (Fsp3) is 0.588. The van der Waals surface area contributed by atoms with Crippen molar-refractivity contribution in [2.45, 2.75) is 58.0 Å². The maximum absolute atomic E-state index is 12.9. The van der Waals surface area contributed by atoms with Crippen molar-refractivity contribution in [2.24, 2.45) is 4.99 Å². The van der Waals surface area contributed by atoms with E-state index in [1.165, 1.54) is 0 Å². The van der Waals surface area contributed by atoms with E-state index in [2.05, 4.69) is 30.1 Å². The van der Waals surface area contributed by atoms with Crippen LogP contribution >= 0.6 is 0 Å². The summed E-state index contributed by atoms with van der Waals surface area (Å²) in [7, 11) is 0.